The normalized spacial score (nSPS) is 9.83. The molecule has 0 bridgehead atoms. The number of hydrogen-bond donors (Lipinski definition) is 2. The minimum Gasteiger partial charge on any atom is -0.465 e. The molecule has 0 aromatic carbocycles. The van der Waals surface area contributed by atoms with Crippen LogP contribution in [-0.4, -0.2) is 11.2 Å². The van der Waals surface area contributed by atoms with Gasteiger partial charge in [-0.15, -0.1) is 11.3 Å². The zero-order valence-electron chi connectivity index (χ0n) is 5.80. The van der Waals surface area contributed by atoms with Gasteiger partial charge in [0.15, 0.2) is 0 Å². The van der Waals surface area contributed by atoms with E-state index >= 15 is 0 Å². The first-order valence-electron chi connectivity index (χ1n) is 3.00. The molecule has 1 aromatic heterocycles. The Hall–Kier alpha value is -0.620. The minimum absolute atomic E-state index is 0.0113. The summed E-state index contributed by atoms with van der Waals surface area (Å²) in [6.45, 7) is 0.0113. The van der Waals surface area contributed by atoms with Crippen molar-refractivity contribution in [3.8, 4) is 0 Å². The predicted molar refractivity (Wildman–Crippen MR) is 46.8 cm³/mol. The molecular formula is C6H5BrFNO2S. The van der Waals surface area contributed by atoms with Gasteiger partial charge in [0, 0.05) is 0 Å². The van der Waals surface area contributed by atoms with Gasteiger partial charge < -0.3 is 10.4 Å². The fourth-order valence-electron chi connectivity index (χ4n) is 0.652. The topological polar surface area (TPSA) is 49.3 Å². The van der Waals surface area contributed by atoms with E-state index in [1.165, 1.54) is 17.4 Å². The van der Waals surface area contributed by atoms with Crippen LogP contribution in [-0.2, 0) is 6.54 Å². The van der Waals surface area contributed by atoms with E-state index in [4.69, 9.17) is 5.11 Å². The Morgan fingerprint density at radius 3 is 2.92 bits per heavy atom. The van der Waals surface area contributed by atoms with Gasteiger partial charge in [-0.1, -0.05) is 0 Å². The molecule has 0 fully saturated rings. The number of hydrogen-bond acceptors (Lipinski definition) is 2. The highest BCUT2D eigenvalue weighted by atomic mass is 79.9. The molecule has 0 saturated carbocycles. The van der Waals surface area contributed by atoms with Crippen LogP contribution in [0, 0.1) is 5.82 Å². The van der Waals surface area contributed by atoms with Crippen molar-refractivity contribution in [2.75, 3.05) is 0 Å². The summed E-state index contributed by atoms with van der Waals surface area (Å²) in [5.41, 5.74) is 0. The van der Waals surface area contributed by atoms with Gasteiger partial charge in [-0.3, -0.25) is 0 Å². The van der Waals surface area contributed by atoms with Gasteiger partial charge in [0.2, 0.25) is 0 Å². The lowest BCUT2D eigenvalue weighted by Crippen LogP contribution is -2.19. The van der Waals surface area contributed by atoms with Gasteiger partial charge in [0.05, 0.1) is 15.2 Å². The van der Waals surface area contributed by atoms with E-state index in [0.29, 0.717) is 8.66 Å². The molecule has 1 rings (SSSR count). The Morgan fingerprint density at radius 2 is 2.50 bits per heavy atom. The molecule has 0 aliphatic heterocycles. The molecule has 6 heteroatoms. The first-order chi connectivity index (χ1) is 5.59. The van der Waals surface area contributed by atoms with Crippen molar-refractivity contribution in [2.24, 2.45) is 0 Å². The average Bonchev–Trinajstić information content (AvgIpc) is 2.26. The number of halogens is 2. The number of carbonyl (C=O) groups is 1. The van der Waals surface area contributed by atoms with E-state index < -0.39 is 6.09 Å². The maximum atomic E-state index is 12.8. The lowest BCUT2D eigenvalue weighted by atomic mass is 10.4. The summed E-state index contributed by atoms with van der Waals surface area (Å²) in [5.74, 6) is -0.388. The van der Waals surface area contributed by atoms with Crippen molar-refractivity contribution in [1.29, 1.82) is 0 Å². The summed E-state index contributed by atoms with van der Waals surface area (Å²) in [6.07, 6.45) is -1.15. The van der Waals surface area contributed by atoms with Crippen molar-refractivity contribution in [3.05, 3.63) is 20.5 Å². The fourth-order valence-corrected chi connectivity index (χ4v) is 2.14. The van der Waals surface area contributed by atoms with Crippen molar-refractivity contribution in [1.82, 2.24) is 5.32 Å². The van der Waals surface area contributed by atoms with Gasteiger partial charge in [-0.25, -0.2) is 9.18 Å². The number of nitrogens with one attached hydrogen (secondary N) is 1. The second kappa shape index (κ2) is 3.86. The van der Waals surface area contributed by atoms with Crippen LogP contribution in [0.25, 0.3) is 0 Å². The smallest absolute Gasteiger partial charge is 0.404 e. The zero-order valence-corrected chi connectivity index (χ0v) is 8.21. The molecule has 12 heavy (non-hydrogen) atoms. The summed E-state index contributed by atoms with van der Waals surface area (Å²) in [5, 5.41) is 10.3. The van der Waals surface area contributed by atoms with Crippen LogP contribution in [0.4, 0.5) is 9.18 Å². The molecule has 0 saturated heterocycles. The molecule has 0 aliphatic carbocycles. The van der Waals surface area contributed by atoms with E-state index in [0.717, 1.165) is 0 Å². The van der Waals surface area contributed by atoms with Gasteiger partial charge in [0.25, 0.3) is 0 Å². The van der Waals surface area contributed by atoms with Gasteiger partial charge in [-0.2, -0.15) is 0 Å². The van der Waals surface area contributed by atoms with Crippen molar-refractivity contribution in [3.63, 3.8) is 0 Å². The van der Waals surface area contributed by atoms with E-state index in [1.807, 2.05) is 0 Å². The summed E-state index contributed by atoms with van der Waals surface area (Å²) in [4.78, 5) is 10.4. The maximum absolute atomic E-state index is 12.8. The molecule has 0 atom stereocenters. The van der Waals surface area contributed by atoms with Crippen molar-refractivity contribution < 1.29 is 14.3 Å². The summed E-state index contributed by atoms with van der Waals surface area (Å²) in [6, 6.07) is 1.31. The van der Waals surface area contributed by atoms with E-state index in [2.05, 4.69) is 21.2 Å². The molecule has 66 valence electrons. The molecule has 2 N–H and O–H groups in total. The Kier molecular flexibility index (Phi) is 3.05. The zero-order chi connectivity index (χ0) is 9.14. The SMILES string of the molecule is O=C(O)NCc1sc(Br)cc1F. The van der Waals surface area contributed by atoms with Crippen LogP contribution in [0.2, 0.25) is 0 Å². The molecule has 1 aromatic rings. The van der Waals surface area contributed by atoms with Crippen molar-refractivity contribution in [2.45, 2.75) is 6.54 Å². The third-order valence-electron chi connectivity index (χ3n) is 1.13. The average molecular weight is 254 g/mol. The van der Waals surface area contributed by atoms with Crippen LogP contribution < -0.4 is 5.32 Å². The number of thiophene rings is 1. The first kappa shape index (κ1) is 9.47. The highest BCUT2D eigenvalue weighted by molar-refractivity contribution is 9.11. The lowest BCUT2D eigenvalue weighted by molar-refractivity contribution is 0.194. The van der Waals surface area contributed by atoms with Gasteiger partial charge in [-0.05, 0) is 22.0 Å². The molecule has 0 radical (unpaired) electrons. The van der Waals surface area contributed by atoms with E-state index in [1.54, 1.807) is 0 Å². The van der Waals surface area contributed by atoms with Crippen molar-refractivity contribution >= 4 is 33.4 Å². The number of amides is 1. The third kappa shape index (κ3) is 2.46. The van der Waals surface area contributed by atoms with E-state index in [9.17, 15) is 9.18 Å². The summed E-state index contributed by atoms with van der Waals surface area (Å²) >= 11 is 4.27. The molecule has 0 aliphatic rings. The Bertz CT molecular complexity index is 302. The molecule has 1 heterocycles. The third-order valence-corrected chi connectivity index (χ3v) is 2.74. The highest BCUT2D eigenvalue weighted by Gasteiger charge is 2.07. The summed E-state index contributed by atoms with van der Waals surface area (Å²) in [7, 11) is 0. The quantitative estimate of drug-likeness (QED) is 0.851. The molecule has 0 spiro atoms. The first-order valence-corrected chi connectivity index (χ1v) is 4.61. The van der Waals surface area contributed by atoms with Crippen LogP contribution in [0.3, 0.4) is 0 Å². The Labute approximate surface area is 80.3 Å². The predicted octanol–water partition coefficient (Wildman–Crippen LogP) is 2.42. The molecule has 1 amide bonds. The number of carboxylic acid groups (broad SMARTS) is 1. The van der Waals surface area contributed by atoms with E-state index in [-0.39, 0.29) is 12.4 Å². The second-order valence-corrected chi connectivity index (χ2v) is 4.50. The molecular weight excluding hydrogens is 249 g/mol. The standard InChI is InChI=1S/C6H5BrFNO2S/c7-5-1-3(8)4(12-5)2-9-6(10)11/h1,9H,2H2,(H,10,11). The highest BCUT2D eigenvalue weighted by Crippen LogP contribution is 2.25. The molecule has 0 unspecified atom stereocenters. The molecule has 3 nitrogen and oxygen atoms in total. The second-order valence-electron chi connectivity index (χ2n) is 1.98. The lowest BCUT2D eigenvalue weighted by Gasteiger charge is -1.96. The number of rotatable bonds is 2. The van der Waals surface area contributed by atoms with Crippen LogP contribution in [0.5, 0.6) is 0 Å². The van der Waals surface area contributed by atoms with Crippen LogP contribution in [0.1, 0.15) is 4.88 Å². The van der Waals surface area contributed by atoms with Gasteiger partial charge >= 0.3 is 6.09 Å². The van der Waals surface area contributed by atoms with Gasteiger partial charge in [0.1, 0.15) is 5.82 Å². The Balaban J connectivity index is 2.62. The largest absolute Gasteiger partial charge is 0.465 e. The maximum Gasteiger partial charge on any atom is 0.404 e. The fraction of sp³-hybridized carbons (Fsp3) is 0.167. The van der Waals surface area contributed by atoms with Crippen LogP contribution >= 0.6 is 27.3 Å². The minimum atomic E-state index is -1.15. The Morgan fingerprint density at radius 1 is 1.83 bits per heavy atom. The summed E-state index contributed by atoms with van der Waals surface area (Å²) < 4.78 is 13.5. The van der Waals surface area contributed by atoms with Crippen LogP contribution in [0.15, 0.2) is 9.85 Å². The monoisotopic (exact) mass is 253 g/mol.